The maximum atomic E-state index is 11.2. The van der Waals surface area contributed by atoms with E-state index >= 15 is 0 Å². The smallest absolute Gasteiger partial charge is 0.337 e. The second-order valence-corrected chi connectivity index (χ2v) is 3.70. The molecule has 2 aromatic rings. The first-order chi connectivity index (χ1) is 9.29. The Balaban J connectivity index is 1.98. The Hall–Kier alpha value is -2.69. The number of methoxy groups -OCH3 is 1. The van der Waals surface area contributed by atoms with Gasteiger partial charge in [-0.3, -0.25) is 5.43 Å². The molecule has 1 aromatic heterocycles. The molecule has 0 spiro atoms. The van der Waals surface area contributed by atoms with Gasteiger partial charge < -0.3 is 4.74 Å². The summed E-state index contributed by atoms with van der Waals surface area (Å²) in [7, 11) is 1.36. The minimum atomic E-state index is -0.352. The number of carbonyl (C=O) groups is 1. The van der Waals surface area contributed by atoms with Gasteiger partial charge in [-0.2, -0.15) is 5.10 Å². The summed E-state index contributed by atoms with van der Waals surface area (Å²) in [5.74, 6) is 0.319. The first-order valence-electron chi connectivity index (χ1n) is 5.68. The molecular formula is C14H13N3O2. The molecule has 0 aliphatic carbocycles. The highest BCUT2D eigenvalue weighted by atomic mass is 16.5. The van der Waals surface area contributed by atoms with Gasteiger partial charge in [0, 0.05) is 6.20 Å². The fourth-order valence-corrected chi connectivity index (χ4v) is 1.42. The molecule has 0 amide bonds. The third kappa shape index (κ3) is 3.64. The largest absolute Gasteiger partial charge is 0.465 e. The summed E-state index contributed by atoms with van der Waals surface area (Å²) in [5.41, 5.74) is 4.19. The zero-order valence-electron chi connectivity index (χ0n) is 10.4. The number of nitrogens with zero attached hydrogens (tertiary/aromatic N) is 2. The highest BCUT2D eigenvalue weighted by Crippen LogP contribution is 2.04. The lowest BCUT2D eigenvalue weighted by atomic mass is 10.1. The first kappa shape index (κ1) is 12.8. The summed E-state index contributed by atoms with van der Waals surface area (Å²) in [6, 6.07) is 12.5. The van der Waals surface area contributed by atoms with Crippen molar-refractivity contribution in [1.82, 2.24) is 4.98 Å². The average molecular weight is 255 g/mol. The van der Waals surface area contributed by atoms with Gasteiger partial charge in [-0.05, 0) is 29.8 Å². The molecule has 0 bridgehead atoms. The van der Waals surface area contributed by atoms with E-state index in [2.05, 4.69) is 20.2 Å². The number of hydrogen-bond donors (Lipinski definition) is 1. The Morgan fingerprint density at radius 3 is 2.68 bits per heavy atom. The van der Waals surface area contributed by atoms with Crippen LogP contribution in [0.15, 0.2) is 53.8 Å². The summed E-state index contributed by atoms with van der Waals surface area (Å²) in [6.07, 6.45) is 3.33. The van der Waals surface area contributed by atoms with Crippen molar-refractivity contribution >= 4 is 18.0 Å². The number of ether oxygens (including phenoxy) is 1. The molecule has 0 atom stereocenters. The minimum absolute atomic E-state index is 0.352. The number of esters is 1. The third-order valence-corrected chi connectivity index (χ3v) is 2.39. The summed E-state index contributed by atoms with van der Waals surface area (Å²) in [4.78, 5) is 15.3. The molecule has 0 saturated carbocycles. The lowest BCUT2D eigenvalue weighted by Gasteiger charge is -2.00. The Morgan fingerprint density at radius 2 is 2.05 bits per heavy atom. The molecule has 0 fully saturated rings. The van der Waals surface area contributed by atoms with E-state index in [0.717, 1.165) is 5.56 Å². The number of hydrogen-bond acceptors (Lipinski definition) is 5. The zero-order valence-corrected chi connectivity index (χ0v) is 10.4. The van der Waals surface area contributed by atoms with Gasteiger partial charge in [-0.25, -0.2) is 9.78 Å². The van der Waals surface area contributed by atoms with Crippen molar-refractivity contribution in [3.8, 4) is 0 Å². The molecule has 0 aliphatic rings. The standard InChI is InChI=1S/C14H13N3O2/c1-19-14(18)12-7-5-11(6-8-12)10-16-17-13-4-2-3-9-15-13/h2-10H,1H3,(H,15,17)/b16-10+. The molecule has 2 rings (SSSR count). The van der Waals surface area contributed by atoms with Crippen LogP contribution in [0.4, 0.5) is 5.82 Å². The Labute approximate surface area is 110 Å². The Bertz CT molecular complexity index is 565. The van der Waals surface area contributed by atoms with Crippen molar-refractivity contribution < 1.29 is 9.53 Å². The van der Waals surface area contributed by atoms with Crippen molar-refractivity contribution in [2.45, 2.75) is 0 Å². The van der Waals surface area contributed by atoms with E-state index in [4.69, 9.17) is 0 Å². The zero-order chi connectivity index (χ0) is 13.5. The molecule has 5 nitrogen and oxygen atoms in total. The summed E-state index contributed by atoms with van der Waals surface area (Å²) >= 11 is 0. The van der Waals surface area contributed by atoms with Crippen LogP contribution in [-0.4, -0.2) is 24.3 Å². The van der Waals surface area contributed by atoms with Crippen LogP contribution in [-0.2, 0) is 4.74 Å². The van der Waals surface area contributed by atoms with Crippen molar-refractivity contribution in [3.63, 3.8) is 0 Å². The second-order valence-electron chi connectivity index (χ2n) is 3.70. The number of anilines is 1. The number of pyridine rings is 1. The summed E-state index contributed by atoms with van der Waals surface area (Å²) < 4.78 is 4.62. The van der Waals surface area contributed by atoms with Gasteiger partial charge in [-0.1, -0.05) is 18.2 Å². The van der Waals surface area contributed by atoms with Gasteiger partial charge >= 0.3 is 5.97 Å². The maximum Gasteiger partial charge on any atom is 0.337 e. The molecule has 1 aromatic carbocycles. The number of rotatable bonds is 4. The molecule has 0 saturated heterocycles. The van der Waals surface area contributed by atoms with E-state index < -0.39 is 0 Å². The highest BCUT2D eigenvalue weighted by Gasteiger charge is 2.03. The summed E-state index contributed by atoms with van der Waals surface area (Å²) in [5, 5.41) is 4.05. The van der Waals surface area contributed by atoms with Crippen LogP contribution in [0.1, 0.15) is 15.9 Å². The fraction of sp³-hybridized carbons (Fsp3) is 0.0714. The molecule has 0 radical (unpaired) electrons. The van der Waals surface area contributed by atoms with Crippen LogP contribution < -0.4 is 5.43 Å². The molecule has 19 heavy (non-hydrogen) atoms. The molecule has 1 heterocycles. The van der Waals surface area contributed by atoms with Crippen LogP contribution in [0.2, 0.25) is 0 Å². The monoisotopic (exact) mass is 255 g/mol. The van der Waals surface area contributed by atoms with Crippen LogP contribution in [0.25, 0.3) is 0 Å². The van der Waals surface area contributed by atoms with Gasteiger partial charge in [0.25, 0.3) is 0 Å². The predicted molar refractivity (Wildman–Crippen MR) is 73.2 cm³/mol. The normalized spacial score (nSPS) is 10.4. The number of nitrogens with one attached hydrogen (secondary N) is 1. The van der Waals surface area contributed by atoms with Gasteiger partial charge in [0.2, 0.25) is 0 Å². The number of benzene rings is 1. The van der Waals surface area contributed by atoms with Crippen LogP contribution in [0, 0.1) is 0 Å². The lowest BCUT2D eigenvalue weighted by molar-refractivity contribution is 0.0601. The number of carbonyl (C=O) groups excluding carboxylic acids is 1. The Morgan fingerprint density at radius 1 is 1.26 bits per heavy atom. The van der Waals surface area contributed by atoms with Gasteiger partial charge in [0.15, 0.2) is 0 Å². The number of hydrazone groups is 1. The van der Waals surface area contributed by atoms with E-state index in [1.165, 1.54) is 7.11 Å². The highest BCUT2D eigenvalue weighted by molar-refractivity contribution is 5.90. The van der Waals surface area contributed by atoms with E-state index in [1.54, 1.807) is 36.7 Å². The predicted octanol–water partition coefficient (Wildman–Crippen LogP) is 2.31. The molecular weight excluding hydrogens is 242 g/mol. The van der Waals surface area contributed by atoms with Crippen LogP contribution >= 0.6 is 0 Å². The molecule has 0 aliphatic heterocycles. The van der Waals surface area contributed by atoms with Gasteiger partial charge in [0.1, 0.15) is 5.82 Å². The van der Waals surface area contributed by atoms with Crippen molar-refractivity contribution in [3.05, 3.63) is 59.8 Å². The fourth-order valence-electron chi connectivity index (χ4n) is 1.42. The van der Waals surface area contributed by atoms with Crippen molar-refractivity contribution in [2.24, 2.45) is 5.10 Å². The topological polar surface area (TPSA) is 63.6 Å². The molecule has 96 valence electrons. The first-order valence-corrected chi connectivity index (χ1v) is 5.68. The van der Waals surface area contributed by atoms with Gasteiger partial charge in [-0.15, -0.1) is 0 Å². The third-order valence-electron chi connectivity index (χ3n) is 2.39. The lowest BCUT2D eigenvalue weighted by Crippen LogP contribution is -2.00. The van der Waals surface area contributed by atoms with Crippen LogP contribution in [0.3, 0.4) is 0 Å². The van der Waals surface area contributed by atoms with Gasteiger partial charge in [0.05, 0.1) is 18.9 Å². The summed E-state index contributed by atoms with van der Waals surface area (Å²) in [6.45, 7) is 0. The average Bonchev–Trinajstić information content (AvgIpc) is 2.48. The second kappa shape index (κ2) is 6.30. The molecule has 0 unspecified atom stereocenters. The Kier molecular flexibility index (Phi) is 4.23. The molecule has 1 N–H and O–H groups in total. The minimum Gasteiger partial charge on any atom is -0.465 e. The van der Waals surface area contributed by atoms with Crippen LogP contribution in [0.5, 0.6) is 0 Å². The van der Waals surface area contributed by atoms with Crippen molar-refractivity contribution in [1.29, 1.82) is 0 Å². The quantitative estimate of drug-likeness (QED) is 0.517. The SMILES string of the molecule is COC(=O)c1ccc(/C=N/Nc2ccccn2)cc1. The van der Waals surface area contributed by atoms with E-state index in [-0.39, 0.29) is 5.97 Å². The maximum absolute atomic E-state index is 11.2. The van der Waals surface area contributed by atoms with E-state index in [1.807, 2.05) is 18.2 Å². The molecule has 5 heteroatoms. The number of aromatic nitrogens is 1. The van der Waals surface area contributed by atoms with E-state index in [9.17, 15) is 4.79 Å². The van der Waals surface area contributed by atoms with Crippen molar-refractivity contribution in [2.75, 3.05) is 12.5 Å². The van der Waals surface area contributed by atoms with E-state index in [0.29, 0.717) is 11.4 Å².